The smallest absolute Gasteiger partial charge is 0.321 e. The molecule has 6 nitrogen and oxygen atoms in total. The number of pyridine rings is 1. The van der Waals surface area contributed by atoms with Gasteiger partial charge in [-0.3, -0.25) is 4.55 Å². The van der Waals surface area contributed by atoms with E-state index in [1.807, 2.05) is 57.2 Å². The monoisotopic (exact) mass is 661 g/mol. The fourth-order valence-corrected chi connectivity index (χ4v) is 1.61. The normalized spacial score (nSPS) is 12.1. The number of thiol groups is 2. The molecule has 30 heavy (non-hydrogen) atoms. The maximum Gasteiger partial charge on any atom is 0.321 e. The Balaban J connectivity index is -0.000000550. The second-order valence-electron chi connectivity index (χ2n) is 6.09. The van der Waals surface area contributed by atoms with Crippen LogP contribution in [0, 0.1) is 11.5 Å². The molecule has 0 fully saturated rings. The summed E-state index contributed by atoms with van der Waals surface area (Å²) >= 11 is 5.59. The van der Waals surface area contributed by atoms with Gasteiger partial charge in [0.25, 0.3) is 0 Å². The molecule has 1 aromatic heterocycles. The summed E-state index contributed by atoms with van der Waals surface area (Å²) in [6.07, 6.45) is 0.223. The Morgan fingerprint density at radius 2 is 1.63 bits per heavy atom. The van der Waals surface area contributed by atoms with Crippen LogP contribution in [0.3, 0.4) is 0 Å². The Morgan fingerprint density at radius 3 is 1.93 bits per heavy atom. The third-order valence-corrected chi connectivity index (χ3v) is 4.64. The summed E-state index contributed by atoms with van der Waals surface area (Å²) in [4.78, 5) is 4.36. The van der Waals surface area contributed by atoms with Crippen LogP contribution >= 0.6 is 25.3 Å². The molecule has 3 N–H and O–H groups in total. The molecule has 0 unspecified atom stereocenters. The first-order chi connectivity index (χ1) is 14.1. The number of aromatic nitrogens is 1. The van der Waals surface area contributed by atoms with Crippen molar-refractivity contribution in [1.82, 2.24) is 4.98 Å². The fourth-order valence-electron chi connectivity index (χ4n) is 1.61. The van der Waals surface area contributed by atoms with Gasteiger partial charge < -0.3 is 15.2 Å². The molecule has 1 radical (unpaired) electrons. The molecule has 0 saturated heterocycles. The zero-order valence-corrected chi connectivity index (χ0v) is 22.2. The van der Waals surface area contributed by atoms with Crippen LogP contribution in [0.2, 0.25) is 0 Å². The van der Waals surface area contributed by atoms with E-state index < -0.39 is 25.6 Å². The van der Waals surface area contributed by atoms with Gasteiger partial charge in [-0.15, -0.1) is 61.2 Å². The predicted molar refractivity (Wildman–Crippen MR) is 121 cm³/mol. The van der Waals surface area contributed by atoms with Gasteiger partial charge in [0.1, 0.15) is 0 Å². The Kier molecular flexibility index (Phi) is 15.9. The summed E-state index contributed by atoms with van der Waals surface area (Å²) in [6.45, 7) is 5.68. The molecule has 0 atom stereocenters. The summed E-state index contributed by atoms with van der Waals surface area (Å²) in [5, 5.41) is 14.0. The number of benzene rings is 1. The zero-order chi connectivity index (χ0) is 25.1. The molecular formula is C19H29FIrNO5S3-. The molecule has 1 aromatic carbocycles. The van der Waals surface area contributed by atoms with E-state index in [-0.39, 0.29) is 20.1 Å². The Labute approximate surface area is 206 Å². The molecule has 0 saturated carbocycles. The van der Waals surface area contributed by atoms with Crippen molar-refractivity contribution in [2.45, 2.75) is 30.8 Å². The van der Waals surface area contributed by atoms with Crippen LogP contribution in [-0.2, 0) is 36.6 Å². The molecule has 0 bridgehead atoms. The van der Waals surface area contributed by atoms with Crippen molar-refractivity contribution in [3.8, 4) is 11.3 Å². The Bertz CT molecular complexity index is 861. The molecule has 0 amide bonds. The largest absolute Gasteiger partial charge is 0.400 e. The number of hydrogen-bond acceptors (Lipinski definition) is 7. The van der Waals surface area contributed by atoms with E-state index in [2.05, 4.69) is 36.3 Å². The first kappa shape index (κ1) is 29.5. The quantitative estimate of drug-likeness (QED) is 0.149. The second kappa shape index (κ2) is 16.2. The van der Waals surface area contributed by atoms with Crippen LogP contribution in [0.4, 0.5) is 4.39 Å². The molecule has 2 aromatic rings. The first-order valence-corrected chi connectivity index (χ1v) is 10.3. The summed E-state index contributed by atoms with van der Waals surface area (Å²) in [7, 11) is -2.78. The van der Waals surface area contributed by atoms with E-state index in [0.29, 0.717) is 5.56 Å². The van der Waals surface area contributed by atoms with E-state index in [1.54, 1.807) is 6.20 Å². The summed E-state index contributed by atoms with van der Waals surface area (Å²) < 4.78 is 52.2. The van der Waals surface area contributed by atoms with Crippen molar-refractivity contribution >= 4 is 35.4 Å². The van der Waals surface area contributed by atoms with E-state index in [1.165, 1.54) is 0 Å². The van der Waals surface area contributed by atoms with E-state index in [4.69, 9.17) is 17.5 Å². The van der Waals surface area contributed by atoms with Gasteiger partial charge in [0, 0.05) is 43.3 Å². The maximum atomic E-state index is 11.8. The van der Waals surface area contributed by atoms with E-state index in [9.17, 15) is 12.8 Å². The number of aliphatic hydroxyl groups excluding tert-OH is 2. The number of halogens is 1. The molecule has 2 rings (SSSR count). The minimum Gasteiger partial charge on any atom is -0.400 e. The van der Waals surface area contributed by atoms with Gasteiger partial charge in [-0.1, -0.05) is 32.9 Å². The predicted octanol–water partition coefficient (Wildman–Crippen LogP) is 3.67. The van der Waals surface area contributed by atoms with Gasteiger partial charge in [0.2, 0.25) is 0 Å². The average Bonchev–Trinajstić information content (AvgIpc) is 2.70. The van der Waals surface area contributed by atoms with Gasteiger partial charge in [-0.05, 0) is 23.0 Å². The summed E-state index contributed by atoms with van der Waals surface area (Å²) in [5.41, 5.74) is 1.88. The topological polar surface area (TPSA) is 108 Å². The first-order valence-electron chi connectivity index (χ1n) is 9.01. The van der Waals surface area contributed by atoms with Gasteiger partial charge >= 0.3 is 13.8 Å². The molecule has 0 spiro atoms. The molecule has 175 valence electrons. The van der Waals surface area contributed by atoms with Gasteiger partial charge in [0.05, 0.1) is 0 Å². The fraction of sp³-hybridized carbons (Fsp3) is 0.421. The summed E-state index contributed by atoms with van der Waals surface area (Å²) in [6, 6.07) is 14.4. The van der Waals surface area contributed by atoms with Crippen molar-refractivity contribution in [3.05, 3.63) is 54.2 Å². The van der Waals surface area contributed by atoms with E-state index in [0.717, 1.165) is 25.5 Å². The Morgan fingerprint density at radius 1 is 1.13 bits per heavy atom. The minimum atomic E-state index is -4.78. The second-order valence-corrected chi connectivity index (χ2v) is 9.79. The number of rotatable bonds is 3. The number of alkyl halides is 1. The van der Waals surface area contributed by atoms with Crippen molar-refractivity contribution in [2.75, 3.05) is 14.2 Å². The Hall–Kier alpha value is -0.521. The molecule has 0 aliphatic carbocycles. The van der Waals surface area contributed by atoms with Gasteiger partial charge in [0.15, 0.2) is 0 Å². The van der Waals surface area contributed by atoms with Crippen LogP contribution < -0.4 is 0 Å². The number of hydrogen-bond donors (Lipinski definition) is 5. The minimum absolute atomic E-state index is 0. The van der Waals surface area contributed by atoms with Crippen molar-refractivity contribution < 1.29 is 50.4 Å². The van der Waals surface area contributed by atoms with Crippen LogP contribution in [-0.4, -0.2) is 46.1 Å². The maximum absolute atomic E-state index is 11.8. The zero-order valence-electron chi connectivity index (χ0n) is 19.2. The van der Waals surface area contributed by atoms with Crippen LogP contribution in [0.15, 0.2) is 42.6 Å². The molecular weight excluding hydrogens is 630 g/mol. The van der Waals surface area contributed by atoms with Crippen LogP contribution in [0.25, 0.3) is 11.3 Å². The van der Waals surface area contributed by atoms with Crippen molar-refractivity contribution in [3.63, 3.8) is 0 Å². The number of nitrogens with zero attached hydrogens (tertiary/aromatic N) is 1. The standard InChI is InChI=1S/C16H18N.CH3FO3S3.2CH4O.Ir/c1-16(2,3)11-13-9-10-15(17-12-13)14-7-5-4-6-8-14;2-1(6,7)8(3,4)5;2*1-2;/h4-7,9-10,12H,11H2,1-3H3;6-7H,(H,3,4,5);2*2H,1H3;/q-1;;;;/i11D2;;;;. The molecule has 0 aliphatic rings. The molecule has 0 aliphatic heterocycles. The van der Waals surface area contributed by atoms with Crippen LogP contribution in [0.1, 0.15) is 29.1 Å². The van der Waals surface area contributed by atoms with Gasteiger partial charge in [-0.2, -0.15) is 12.8 Å². The average molecular weight is 661 g/mol. The van der Waals surface area contributed by atoms with E-state index >= 15 is 0 Å². The number of aliphatic hydroxyl groups is 2. The van der Waals surface area contributed by atoms with Crippen molar-refractivity contribution in [1.29, 1.82) is 0 Å². The third-order valence-electron chi connectivity index (χ3n) is 2.60. The van der Waals surface area contributed by atoms with Gasteiger partial charge in [-0.25, -0.2) is 0 Å². The van der Waals surface area contributed by atoms with Crippen LogP contribution in [0.5, 0.6) is 0 Å². The summed E-state index contributed by atoms with van der Waals surface area (Å²) in [5.74, 6) is 0. The van der Waals surface area contributed by atoms with Crippen molar-refractivity contribution in [2.24, 2.45) is 5.41 Å². The SMILES string of the molecule is CO.CO.O=S(=O)(O)C(F)(S)S.[2H]C([2H])(c1ccc(-c2[c-]cccc2)nc1)C(C)(C)C.[Ir]. The molecule has 11 heteroatoms. The third kappa shape index (κ3) is 15.3. The molecule has 1 heterocycles.